The molecule has 3 rings (SSSR count). The monoisotopic (exact) mass is 386 g/mol. The van der Waals surface area contributed by atoms with Crippen LogP contribution in [0, 0.1) is 5.82 Å². The lowest BCUT2D eigenvalue weighted by molar-refractivity contribution is -0.127. The van der Waals surface area contributed by atoms with Crippen molar-refractivity contribution in [2.24, 2.45) is 0 Å². The molecule has 0 fully saturated rings. The summed E-state index contributed by atoms with van der Waals surface area (Å²) in [5, 5.41) is 3.00. The molecule has 1 amide bonds. The van der Waals surface area contributed by atoms with Gasteiger partial charge in [-0.05, 0) is 53.8 Å². The lowest BCUT2D eigenvalue weighted by Crippen LogP contribution is -2.50. The van der Waals surface area contributed by atoms with Gasteiger partial charge in [0.05, 0.1) is 20.3 Å². The number of hydrogen-bond acceptors (Lipinski definition) is 4. The second-order valence-corrected chi connectivity index (χ2v) is 7.02. The van der Waals surface area contributed by atoms with Gasteiger partial charge in [-0.3, -0.25) is 9.69 Å². The van der Waals surface area contributed by atoms with Gasteiger partial charge in [0, 0.05) is 19.6 Å². The van der Waals surface area contributed by atoms with Crippen molar-refractivity contribution < 1.29 is 18.7 Å². The number of rotatable bonds is 7. The number of amides is 1. The van der Waals surface area contributed by atoms with E-state index in [-0.39, 0.29) is 17.7 Å². The molecule has 0 aliphatic carbocycles. The zero-order valence-corrected chi connectivity index (χ0v) is 16.6. The predicted molar refractivity (Wildman–Crippen MR) is 106 cm³/mol. The van der Waals surface area contributed by atoms with Crippen LogP contribution in [0.25, 0.3) is 0 Å². The number of nitrogens with zero attached hydrogens (tertiary/aromatic N) is 1. The number of carbonyl (C=O) groups excluding carboxylic acids is 1. The SMILES string of the molecule is CCCNC(=O)C1Cc2cc(OC)ccc2CN1Cc1ccc(OC)c(F)c1. The second kappa shape index (κ2) is 9.06. The Balaban J connectivity index is 1.86. The molecule has 0 saturated heterocycles. The highest BCUT2D eigenvalue weighted by molar-refractivity contribution is 5.82. The molecule has 0 radical (unpaired) electrons. The summed E-state index contributed by atoms with van der Waals surface area (Å²) in [6.07, 6.45) is 1.48. The fourth-order valence-corrected chi connectivity index (χ4v) is 3.57. The molecule has 1 N–H and O–H groups in total. The average molecular weight is 386 g/mol. The summed E-state index contributed by atoms with van der Waals surface area (Å²) >= 11 is 0. The number of nitrogens with one attached hydrogen (secondary N) is 1. The molecule has 0 aromatic heterocycles. The molecule has 1 heterocycles. The van der Waals surface area contributed by atoms with Crippen molar-refractivity contribution in [2.45, 2.75) is 38.9 Å². The Hall–Kier alpha value is -2.60. The van der Waals surface area contributed by atoms with Crippen LogP contribution >= 0.6 is 0 Å². The highest BCUT2D eigenvalue weighted by atomic mass is 19.1. The van der Waals surface area contributed by atoms with E-state index in [9.17, 15) is 9.18 Å². The predicted octanol–water partition coefficient (Wildman–Crippen LogP) is 3.30. The van der Waals surface area contributed by atoms with Crippen molar-refractivity contribution >= 4 is 5.91 Å². The summed E-state index contributed by atoms with van der Waals surface area (Å²) in [5.74, 6) is 0.618. The largest absolute Gasteiger partial charge is 0.497 e. The molecule has 6 heteroatoms. The Bertz CT molecular complexity index is 841. The quantitative estimate of drug-likeness (QED) is 0.793. The van der Waals surface area contributed by atoms with E-state index < -0.39 is 5.82 Å². The number of methoxy groups -OCH3 is 2. The summed E-state index contributed by atoms with van der Waals surface area (Å²) < 4.78 is 24.4. The first kappa shape index (κ1) is 20.1. The first-order chi connectivity index (χ1) is 13.5. The van der Waals surface area contributed by atoms with Crippen LogP contribution in [-0.4, -0.2) is 37.6 Å². The molecule has 1 aliphatic heterocycles. The summed E-state index contributed by atoms with van der Waals surface area (Å²) in [6.45, 7) is 3.78. The third kappa shape index (κ3) is 4.44. The number of fused-ring (bicyclic) bond motifs is 1. The van der Waals surface area contributed by atoms with Gasteiger partial charge in [-0.1, -0.05) is 19.1 Å². The normalized spacial score (nSPS) is 16.4. The number of carbonyl (C=O) groups is 1. The molecule has 28 heavy (non-hydrogen) atoms. The molecule has 5 nitrogen and oxygen atoms in total. The summed E-state index contributed by atoms with van der Waals surface area (Å²) in [7, 11) is 3.09. The van der Waals surface area contributed by atoms with Crippen molar-refractivity contribution in [2.75, 3.05) is 20.8 Å². The Labute approximate surface area is 165 Å². The first-order valence-corrected chi connectivity index (χ1v) is 9.55. The van der Waals surface area contributed by atoms with E-state index in [1.165, 1.54) is 13.2 Å². The Morgan fingerprint density at radius 1 is 1.18 bits per heavy atom. The van der Waals surface area contributed by atoms with Crippen LogP contribution in [-0.2, 0) is 24.3 Å². The Morgan fingerprint density at radius 3 is 2.68 bits per heavy atom. The van der Waals surface area contributed by atoms with Gasteiger partial charge in [-0.2, -0.15) is 0 Å². The van der Waals surface area contributed by atoms with Crippen LogP contribution in [0.2, 0.25) is 0 Å². The van der Waals surface area contributed by atoms with E-state index in [1.54, 1.807) is 13.2 Å². The van der Waals surface area contributed by atoms with E-state index >= 15 is 0 Å². The molecule has 0 bridgehead atoms. The first-order valence-electron chi connectivity index (χ1n) is 9.55. The van der Waals surface area contributed by atoms with Crippen LogP contribution in [0.1, 0.15) is 30.0 Å². The topological polar surface area (TPSA) is 50.8 Å². The van der Waals surface area contributed by atoms with Crippen molar-refractivity contribution in [3.63, 3.8) is 0 Å². The Kier molecular flexibility index (Phi) is 6.52. The molecular formula is C22H27FN2O3. The molecule has 0 saturated carbocycles. The van der Waals surface area contributed by atoms with E-state index in [4.69, 9.17) is 9.47 Å². The fraction of sp³-hybridized carbons (Fsp3) is 0.409. The number of hydrogen-bond donors (Lipinski definition) is 1. The van der Waals surface area contributed by atoms with E-state index in [0.29, 0.717) is 26.1 Å². The van der Waals surface area contributed by atoms with Gasteiger partial charge in [-0.15, -0.1) is 0 Å². The maximum atomic E-state index is 14.1. The van der Waals surface area contributed by atoms with Gasteiger partial charge in [-0.25, -0.2) is 4.39 Å². The molecule has 2 aromatic rings. The third-order valence-corrected chi connectivity index (χ3v) is 5.09. The zero-order chi connectivity index (χ0) is 20.1. The highest BCUT2D eigenvalue weighted by Crippen LogP contribution is 2.29. The van der Waals surface area contributed by atoms with E-state index in [0.717, 1.165) is 28.9 Å². The van der Waals surface area contributed by atoms with Gasteiger partial charge in [0.2, 0.25) is 5.91 Å². The standard InChI is InChI=1S/C22H27FN2O3/c1-4-9-24-22(26)20-12-17-11-18(27-2)7-6-16(17)14-25(20)13-15-5-8-21(28-3)19(23)10-15/h5-8,10-11,20H,4,9,12-14H2,1-3H3,(H,24,26). The van der Waals surface area contributed by atoms with E-state index in [2.05, 4.69) is 10.2 Å². The van der Waals surface area contributed by atoms with E-state index in [1.807, 2.05) is 31.2 Å². The van der Waals surface area contributed by atoms with Gasteiger partial charge in [0.1, 0.15) is 5.75 Å². The lowest BCUT2D eigenvalue weighted by atomic mass is 9.92. The minimum Gasteiger partial charge on any atom is -0.497 e. The van der Waals surface area contributed by atoms with Gasteiger partial charge in [0.15, 0.2) is 11.6 Å². The molecule has 1 unspecified atom stereocenters. The molecule has 1 aliphatic rings. The van der Waals surface area contributed by atoms with Crippen LogP contribution in [0.4, 0.5) is 4.39 Å². The summed E-state index contributed by atoms with van der Waals surface area (Å²) in [6, 6.07) is 10.6. The smallest absolute Gasteiger partial charge is 0.237 e. The summed E-state index contributed by atoms with van der Waals surface area (Å²) in [5.41, 5.74) is 3.09. The van der Waals surface area contributed by atoms with Crippen molar-refractivity contribution in [1.82, 2.24) is 10.2 Å². The number of ether oxygens (including phenoxy) is 2. The Morgan fingerprint density at radius 2 is 2.00 bits per heavy atom. The van der Waals surface area contributed by atoms with Crippen molar-refractivity contribution in [3.05, 3.63) is 58.9 Å². The van der Waals surface area contributed by atoms with Crippen molar-refractivity contribution in [3.8, 4) is 11.5 Å². The lowest BCUT2D eigenvalue weighted by Gasteiger charge is -2.36. The summed E-state index contributed by atoms with van der Waals surface area (Å²) in [4.78, 5) is 14.9. The highest BCUT2D eigenvalue weighted by Gasteiger charge is 2.31. The maximum absolute atomic E-state index is 14.1. The molecule has 2 aromatic carbocycles. The second-order valence-electron chi connectivity index (χ2n) is 7.02. The fourth-order valence-electron chi connectivity index (χ4n) is 3.57. The van der Waals surface area contributed by atoms with Gasteiger partial charge < -0.3 is 14.8 Å². The van der Waals surface area contributed by atoms with Crippen LogP contribution < -0.4 is 14.8 Å². The van der Waals surface area contributed by atoms with Crippen LogP contribution in [0.5, 0.6) is 11.5 Å². The third-order valence-electron chi connectivity index (χ3n) is 5.09. The molecule has 1 atom stereocenters. The van der Waals surface area contributed by atoms with Gasteiger partial charge in [0.25, 0.3) is 0 Å². The maximum Gasteiger partial charge on any atom is 0.237 e. The zero-order valence-electron chi connectivity index (χ0n) is 16.6. The van der Waals surface area contributed by atoms with Gasteiger partial charge >= 0.3 is 0 Å². The number of benzene rings is 2. The molecular weight excluding hydrogens is 359 g/mol. The van der Waals surface area contributed by atoms with Crippen LogP contribution in [0.3, 0.4) is 0 Å². The minimum atomic E-state index is -0.394. The minimum absolute atomic E-state index is 0.00398. The molecule has 150 valence electrons. The van der Waals surface area contributed by atoms with Crippen LogP contribution in [0.15, 0.2) is 36.4 Å². The number of halogens is 1. The average Bonchev–Trinajstić information content (AvgIpc) is 2.71. The molecule has 0 spiro atoms. The van der Waals surface area contributed by atoms with Crippen molar-refractivity contribution in [1.29, 1.82) is 0 Å².